The Kier molecular flexibility index (Phi) is 17.3. The molecule has 0 bridgehead atoms. The summed E-state index contributed by atoms with van der Waals surface area (Å²) < 4.78 is 63.7. The van der Waals surface area contributed by atoms with Crippen LogP contribution < -0.4 is 31.7 Å². The number of carbonyl (C=O) groups is 6. The number of hydrogen-bond donors (Lipinski definition) is 5. The van der Waals surface area contributed by atoms with E-state index in [1.807, 2.05) is 0 Å². The Balaban J connectivity index is 1.93. The molecule has 0 fully saturated rings. The summed E-state index contributed by atoms with van der Waals surface area (Å²) in [5.41, 5.74) is 14.4. The van der Waals surface area contributed by atoms with Crippen LogP contribution in [0.4, 0.5) is 32.8 Å². The molecule has 0 aliphatic rings. The van der Waals surface area contributed by atoms with E-state index >= 15 is 0 Å². The lowest BCUT2D eigenvalue weighted by Crippen LogP contribution is -2.55. The van der Waals surface area contributed by atoms with Gasteiger partial charge in [-0.25, -0.2) is 18.4 Å². The number of nitrogens with one attached hydrogen (secondary N) is 4. The Hall–Kier alpha value is -6.11. The van der Waals surface area contributed by atoms with Gasteiger partial charge in [-0.3, -0.25) is 19.2 Å². The minimum Gasteiger partial charge on any atom is -0.445 e. The molecule has 2 rings (SSSR count). The lowest BCUT2D eigenvalue weighted by Gasteiger charge is -2.25. The second-order valence-electron chi connectivity index (χ2n) is 11.7. The van der Waals surface area contributed by atoms with Gasteiger partial charge in [0.1, 0.15) is 25.2 Å². The molecule has 17 nitrogen and oxygen atoms in total. The van der Waals surface area contributed by atoms with E-state index in [2.05, 4.69) is 36.0 Å². The number of anilines is 1. The summed E-state index contributed by atoms with van der Waals surface area (Å²) in [7, 11) is 1.35. The fourth-order valence-electron chi connectivity index (χ4n) is 4.42. The summed E-state index contributed by atoms with van der Waals surface area (Å²) >= 11 is 0. The molecule has 6 amide bonds. The highest BCUT2D eigenvalue weighted by molar-refractivity contribution is 5.98. The number of hydrogen-bond acceptors (Lipinski definition) is 9. The van der Waals surface area contributed by atoms with Crippen molar-refractivity contribution < 1.29 is 55.8 Å². The number of amides is 6. The van der Waals surface area contributed by atoms with Crippen molar-refractivity contribution in [1.29, 1.82) is 0 Å². The molecule has 0 saturated heterocycles. The van der Waals surface area contributed by atoms with Gasteiger partial charge in [-0.1, -0.05) is 31.1 Å². The predicted molar refractivity (Wildman–Crippen MR) is 179 cm³/mol. The Morgan fingerprint density at radius 3 is 2.19 bits per heavy atom. The number of nitrogens with two attached hydrogens (primary N) is 1. The summed E-state index contributed by atoms with van der Waals surface area (Å²) in [5.74, 6) is -12.3. The summed E-state index contributed by atoms with van der Waals surface area (Å²) in [6, 6.07) is 3.13. The molecule has 288 valence electrons. The maximum absolute atomic E-state index is 13.7. The number of halogens is 4. The first-order valence-electron chi connectivity index (χ1n) is 16.0. The second-order valence-corrected chi connectivity index (χ2v) is 11.7. The summed E-state index contributed by atoms with van der Waals surface area (Å²) in [6.45, 7) is 2.66. The van der Waals surface area contributed by atoms with Crippen LogP contribution in [0.3, 0.4) is 0 Å². The van der Waals surface area contributed by atoms with Crippen LogP contribution in [-0.2, 0) is 30.5 Å². The first-order valence-corrected chi connectivity index (χ1v) is 16.0. The number of urea groups is 1. The third-order valence-corrected chi connectivity index (χ3v) is 7.20. The van der Waals surface area contributed by atoms with Crippen LogP contribution in [0.25, 0.3) is 10.4 Å². The first-order chi connectivity index (χ1) is 25.0. The Bertz CT molecular complexity index is 1670. The van der Waals surface area contributed by atoms with Gasteiger partial charge in [0, 0.05) is 43.2 Å². The van der Waals surface area contributed by atoms with Crippen molar-refractivity contribution >= 4 is 41.5 Å². The van der Waals surface area contributed by atoms with E-state index in [1.165, 1.54) is 19.2 Å². The monoisotopic (exact) mass is 753 g/mol. The molecule has 2 aromatic carbocycles. The third-order valence-electron chi connectivity index (χ3n) is 7.20. The number of ether oxygens (including phenoxy) is 2. The van der Waals surface area contributed by atoms with Crippen molar-refractivity contribution in [2.75, 3.05) is 32.0 Å². The maximum atomic E-state index is 13.7. The molecule has 53 heavy (non-hydrogen) atoms. The fraction of sp³-hybridized carbons (Fsp3) is 0.438. The van der Waals surface area contributed by atoms with Crippen molar-refractivity contribution in [2.45, 2.75) is 58.2 Å². The number of esters is 1. The number of primary amides is 1. The summed E-state index contributed by atoms with van der Waals surface area (Å²) in [6.07, 6.45) is -0.978. The van der Waals surface area contributed by atoms with Gasteiger partial charge >= 0.3 is 18.1 Å². The van der Waals surface area contributed by atoms with E-state index in [0.29, 0.717) is 11.3 Å². The largest absolute Gasteiger partial charge is 0.445 e. The van der Waals surface area contributed by atoms with Gasteiger partial charge in [0.15, 0.2) is 11.6 Å². The van der Waals surface area contributed by atoms with Gasteiger partial charge in [-0.05, 0) is 48.4 Å². The highest BCUT2D eigenvalue weighted by Gasteiger charge is 2.29. The summed E-state index contributed by atoms with van der Waals surface area (Å²) in [4.78, 5) is 77.4. The van der Waals surface area contributed by atoms with Gasteiger partial charge < -0.3 is 41.4 Å². The van der Waals surface area contributed by atoms with Gasteiger partial charge in [-0.2, -0.15) is 8.78 Å². The zero-order chi connectivity index (χ0) is 39.7. The number of rotatable bonds is 19. The van der Waals surface area contributed by atoms with Crippen molar-refractivity contribution in [3.05, 3.63) is 69.6 Å². The molecule has 0 radical (unpaired) electrons. The minimum atomic E-state index is -1.86. The van der Waals surface area contributed by atoms with Crippen molar-refractivity contribution in [3.63, 3.8) is 0 Å². The van der Waals surface area contributed by atoms with E-state index in [0.717, 1.165) is 4.90 Å². The standard InChI is InChI=1S/C32H39F4N9O8/c1-17(2)27(43-23(46)15-40-44-38)30(49)42-22(6-4-12-39-31(37)50)29(48)41-19-10-8-18(9-11-19)16-52-32(51)45(3)13-5-7-24(47)53-28-25(35)20(33)14-21(34)26(28)36/h8-11,14,17,22,27H,4-7,12-13,15-16H2,1-3H3,(H,41,48)(H,42,49)(H,43,46)(H3,37,39,50)/t22-,27-/m0/s1. The number of nitrogens with zero attached hydrogens (tertiary/aromatic N) is 4. The van der Waals surface area contributed by atoms with Gasteiger partial charge in [-0.15, -0.1) is 0 Å². The molecule has 0 aliphatic heterocycles. The highest BCUT2D eigenvalue weighted by Crippen LogP contribution is 2.27. The van der Waals surface area contributed by atoms with E-state index in [-0.39, 0.29) is 45.0 Å². The van der Waals surface area contributed by atoms with Crippen LogP contribution in [0.2, 0.25) is 0 Å². The fourth-order valence-corrected chi connectivity index (χ4v) is 4.42. The van der Waals surface area contributed by atoms with E-state index in [4.69, 9.17) is 16.0 Å². The van der Waals surface area contributed by atoms with Gasteiger partial charge in [0.05, 0.1) is 0 Å². The van der Waals surface area contributed by atoms with E-state index < -0.39 is 95.8 Å². The molecule has 0 heterocycles. The molecule has 0 saturated carbocycles. The molecule has 0 aromatic heterocycles. The van der Waals surface area contributed by atoms with E-state index in [1.54, 1.807) is 26.0 Å². The molecule has 21 heteroatoms. The molecule has 2 aromatic rings. The molecule has 0 spiro atoms. The maximum Gasteiger partial charge on any atom is 0.409 e. The van der Waals surface area contributed by atoms with Crippen LogP contribution in [0.15, 0.2) is 35.4 Å². The SMILES string of the molecule is CC(C)[C@H](NC(=O)CN=[N+]=[N-])C(=O)N[C@@H](CCCNC(N)=O)C(=O)Nc1ccc(COC(=O)N(C)CCCC(=O)Oc2c(F)c(F)cc(F)c2F)cc1. The number of azide groups is 1. The van der Waals surface area contributed by atoms with Crippen LogP contribution >= 0.6 is 0 Å². The average Bonchev–Trinajstić information content (AvgIpc) is 3.10. The van der Waals surface area contributed by atoms with Crippen LogP contribution in [0.1, 0.15) is 45.1 Å². The normalized spacial score (nSPS) is 11.7. The number of benzene rings is 2. The quantitative estimate of drug-likeness (QED) is 0.0207. The smallest absolute Gasteiger partial charge is 0.409 e. The molecule has 2 atom stereocenters. The predicted octanol–water partition coefficient (Wildman–Crippen LogP) is 3.52. The lowest BCUT2D eigenvalue weighted by atomic mass is 10.0. The minimum absolute atomic E-state index is 0.0278. The zero-order valence-electron chi connectivity index (χ0n) is 28.9. The Labute approximate surface area is 300 Å². The molecule has 0 aliphatic carbocycles. The summed E-state index contributed by atoms with van der Waals surface area (Å²) in [5, 5.41) is 13.3. The van der Waals surface area contributed by atoms with Crippen molar-refractivity contribution in [3.8, 4) is 5.75 Å². The first kappa shape index (κ1) is 43.1. The van der Waals surface area contributed by atoms with Crippen molar-refractivity contribution in [2.24, 2.45) is 16.8 Å². The Morgan fingerprint density at radius 2 is 1.60 bits per heavy atom. The van der Waals surface area contributed by atoms with Crippen LogP contribution in [-0.4, -0.2) is 79.5 Å². The zero-order valence-corrected chi connectivity index (χ0v) is 28.9. The van der Waals surface area contributed by atoms with Crippen molar-refractivity contribution in [1.82, 2.24) is 20.9 Å². The Morgan fingerprint density at radius 1 is 0.962 bits per heavy atom. The topological polar surface area (TPSA) is 247 Å². The molecule has 6 N–H and O–H groups in total. The van der Waals surface area contributed by atoms with Crippen LogP contribution in [0.5, 0.6) is 5.75 Å². The lowest BCUT2D eigenvalue weighted by molar-refractivity contribution is -0.135. The van der Waals surface area contributed by atoms with Gasteiger partial charge in [0.2, 0.25) is 35.1 Å². The number of carbonyl (C=O) groups excluding carboxylic acids is 6. The average molecular weight is 754 g/mol. The molecule has 0 unspecified atom stereocenters. The van der Waals surface area contributed by atoms with Crippen LogP contribution in [0, 0.1) is 29.2 Å². The van der Waals surface area contributed by atoms with E-state index in [9.17, 15) is 46.3 Å². The molecular weight excluding hydrogens is 714 g/mol. The molecular formula is C32H39F4N9O8. The third kappa shape index (κ3) is 14.6. The second kappa shape index (κ2) is 21.3. The van der Waals surface area contributed by atoms with Gasteiger partial charge in [0.25, 0.3) is 0 Å². The highest BCUT2D eigenvalue weighted by atomic mass is 19.2.